The average molecular weight is 348 g/mol. The van der Waals surface area contributed by atoms with Crippen molar-refractivity contribution < 1.29 is 4.74 Å². The minimum Gasteiger partial charge on any atom is -0.493 e. The van der Waals surface area contributed by atoms with Crippen LogP contribution in [0.15, 0.2) is 22.8 Å². The normalized spacial score (nSPS) is 10.4. The van der Waals surface area contributed by atoms with Gasteiger partial charge in [-0.3, -0.25) is 0 Å². The van der Waals surface area contributed by atoms with Crippen LogP contribution >= 0.6 is 38.9 Å². The van der Waals surface area contributed by atoms with Crippen LogP contribution in [0.5, 0.6) is 5.75 Å². The molecule has 1 aromatic carbocycles. The van der Waals surface area contributed by atoms with Crippen molar-refractivity contribution in [2.24, 2.45) is 0 Å². The monoisotopic (exact) mass is 346 g/mol. The van der Waals surface area contributed by atoms with E-state index in [0.29, 0.717) is 11.6 Å². The summed E-state index contributed by atoms with van der Waals surface area (Å²) in [4.78, 5) is 5.39. The van der Waals surface area contributed by atoms with Crippen LogP contribution in [0.3, 0.4) is 0 Å². The summed E-state index contributed by atoms with van der Waals surface area (Å²) >= 11 is 11.1. The lowest BCUT2D eigenvalue weighted by molar-refractivity contribution is 0.414. The molecule has 0 spiro atoms. The van der Waals surface area contributed by atoms with Crippen molar-refractivity contribution in [2.75, 3.05) is 12.4 Å². The number of methoxy groups -OCH3 is 1. The predicted octanol–water partition coefficient (Wildman–Crippen LogP) is 4.49. The fraction of sp³-hybridized carbons (Fsp3) is 0.250. The number of halogens is 2. The molecule has 3 nitrogen and oxygen atoms in total. The number of aromatic nitrogens is 1. The van der Waals surface area contributed by atoms with Gasteiger partial charge in [-0.25, -0.2) is 4.98 Å². The Labute approximate surface area is 123 Å². The maximum absolute atomic E-state index is 6.03. The van der Waals surface area contributed by atoms with Crippen molar-refractivity contribution in [3.05, 3.63) is 37.7 Å². The first kappa shape index (κ1) is 13.6. The SMILES string of the molecule is COc1c(Br)cc(Cl)cc1NCc1cnc(C)s1. The van der Waals surface area contributed by atoms with E-state index in [9.17, 15) is 0 Å². The molecule has 0 aliphatic rings. The Morgan fingerprint density at radius 1 is 1.50 bits per heavy atom. The van der Waals surface area contributed by atoms with Crippen molar-refractivity contribution in [2.45, 2.75) is 13.5 Å². The van der Waals surface area contributed by atoms with Gasteiger partial charge in [0.2, 0.25) is 0 Å². The van der Waals surface area contributed by atoms with E-state index in [1.54, 1.807) is 18.4 Å². The predicted molar refractivity (Wildman–Crippen MR) is 79.9 cm³/mol. The highest BCUT2D eigenvalue weighted by Crippen LogP contribution is 2.36. The molecule has 18 heavy (non-hydrogen) atoms. The van der Waals surface area contributed by atoms with Crippen molar-refractivity contribution in [1.29, 1.82) is 0 Å². The molecular formula is C12H12BrClN2OS. The first-order chi connectivity index (χ1) is 8.60. The molecule has 0 unspecified atom stereocenters. The molecule has 0 fully saturated rings. The molecule has 0 amide bonds. The molecule has 96 valence electrons. The van der Waals surface area contributed by atoms with E-state index in [0.717, 1.165) is 20.9 Å². The van der Waals surface area contributed by atoms with E-state index >= 15 is 0 Å². The second-order valence-corrected chi connectivity index (χ2v) is 6.28. The van der Waals surface area contributed by atoms with Crippen LogP contribution in [0, 0.1) is 6.92 Å². The Balaban J connectivity index is 2.18. The zero-order valence-electron chi connectivity index (χ0n) is 9.96. The topological polar surface area (TPSA) is 34.1 Å². The number of hydrogen-bond acceptors (Lipinski definition) is 4. The number of ether oxygens (including phenoxy) is 1. The van der Waals surface area contributed by atoms with Crippen LogP contribution in [0.1, 0.15) is 9.88 Å². The maximum atomic E-state index is 6.03. The van der Waals surface area contributed by atoms with Crippen LogP contribution in [-0.2, 0) is 6.54 Å². The second-order valence-electron chi connectivity index (χ2n) is 3.67. The van der Waals surface area contributed by atoms with Gasteiger partial charge in [0.05, 0.1) is 28.8 Å². The Bertz CT molecular complexity index is 559. The molecule has 0 saturated heterocycles. The van der Waals surface area contributed by atoms with E-state index in [2.05, 4.69) is 26.2 Å². The van der Waals surface area contributed by atoms with Gasteiger partial charge < -0.3 is 10.1 Å². The van der Waals surface area contributed by atoms with Gasteiger partial charge >= 0.3 is 0 Å². The third-order valence-corrected chi connectivity index (χ3v) is 4.05. The number of aryl methyl sites for hydroxylation is 1. The smallest absolute Gasteiger partial charge is 0.156 e. The number of nitrogens with zero attached hydrogens (tertiary/aromatic N) is 1. The molecular weight excluding hydrogens is 336 g/mol. The number of rotatable bonds is 4. The Kier molecular flexibility index (Phi) is 4.48. The van der Waals surface area contributed by atoms with E-state index in [1.807, 2.05) is 25.3 Å². The lowest BCUT2D eigenvalue weighted by atomic mass is 10.3. The molecule has 0 aliphatic heterocycles. The van der Waals surface area contributed by atoms with Crippen molar-refractivity contribution in [1.82, 2.24) is 4.98 Å². The van der Waals surface area contributed by atoms with Gasteiger partial charge in [-0.1, -0.05) is 11.6 Å². The summed E-state index contributed by atoms with van der Waals surface area (Å²) in [6, 6.07) is 3.65. The third kappa shape index (κ3) is 3.16. The average Bonchev–Trinajstić information content (AvgIpc) is 2.72. The molecule has 2 aromatic rings. The Morgan fingerprint density at radius 3 is 2.89 bits per heavy atom. The third-order valence-electron chi connectivity index (χ3n) is 2.33. The fourth-order valence-electron chi connectivity index (χ4n) is 1.57. The van der Waals surface area contributed by atoms with Crippen LogP contribution in [0.4, 0.5) is 5.69 Å². The highest BCUT2D eigenvalue weighted by molar-refractivity contribution is 9.10. The largest absolute Gasteiger partial charge is 0.493 e. The van der Waals surface area contributed by atoms with Gasteiger partial charge in [0.15, 0.2) is 5.75 Å². The highest BCUT2D eigenvalue weighted by atomic mass is 79.9. The van der Waals surface area contributed by atoms with E-state index < -0.39 is 0 Å². The summed E-state index contributed by atoms with van der Waals surface area (Å²) in [5.41, 5.74) is 0.864. The van der Waals surface area contributed by atoms with E-state index in [4.69, 9.17) is 16.3 Å². The van der Waals surface area contributed by atoms with Crippen LogP contribution < -0.4 is 10.1 Å². The zero-order chi connectivity index (χ0) is 13.1. The Hall–Kier alpha value is -0.780. The first-order valence-electron chi connectivity index (χ1n) is 5.28. The minimum absolute atomic E-state index is 0.658. The summed E-state index contributed by atoms with van der Waals surface area (Å²) in [6.07, 6.45) is 1.87. The lowest BCUT2D eigenvalue weighted by Crippen LogP contribution is -2.00. The summed E-state index contributed by atoms with van der Waals surface area (Å²) < 4.78 is 6.18. The molecule has 0 bridgehead atoms. The van der Waals surface area contributed by atoms with Gasteiger partial charge in [-0.2, -0.15) is 0 Å². The van der Waals surface area contributed by atoms with Gasteiger partial charge in [0, 0.05) is 16.1 Å². The van der Waals surface area contributed by atoms with Gasteiger partial charge in [-0.05, 0) is 35.0 Å². The number of hydrogen-bond donors (Lipinski definition) is 1. The molecule has 0 atom stereocenters. The quantitative estimate of drug-likeness (QED) is 0.885. The van der Waals surface area contributed by atoms with Crippen LogP contribution in [0.2, 0.25) is 5.02 Å². The second kappa shape index (κ2) is 5.91. The first-order valence-corrected chi connectivity index (χ1v) is 7.27. The van der Waals surface area contributed by atoms with Gasteiger partial charge in [-0.15, -0.1) is 11.3 Å². The highest BCUT2D eigenvalue weighted by Gasteiger charge is 2.09. The summed E-state index contributed by atoms with van der Waals surface area (Å²) in [7, 11) is 1.63. The zero-order valence-corrected chi connectivity index (χ0v) is 13.1. The molecule has 1 heterocycles. The van der Waals surface area contributed by atoms with Crippen LogP contribution in [0.25, 0.3) is 0 Å². The van der Waals surface area contributed by atoms with Gasteiger partial charge in [0.25, 0.3) is 0 Å². The van der Waals surface area contributed by atoms with Gasteiger partial charge in [0.1, 0.15) is 0 Å². The molecule has 0 radical (unpaired) electrons. The molecule has 1 aromatic heterocycles. The summed E-state index contributed by atoms with van der Waals surface area (Å²) in [5, 5.41) is 5.03. The number of benzene rings is 1. The van der Waals surface area contributed by atoms with Crippen LogP contribution in [-0.4, -0.2) is 12.1 Å². The summed E-state index contributed by atoms with van der Waals surface area (Å²) in [6.45, 7) is 2.69. The Morgan fingerprint density at radius 2 is 2.28 bits per heavy atom. The van der Waals surface area contributed by atoms with E-state index in [-0.39, 0.29) is 0 Å². The number of thiazole rings is 1. The van der Waals surface area contributed by atoms with Crippen molar-refractivity contribution in [3.63, 3.8) is 0 Å². The molecule has 0 saturated carbocycles. The molecule has 2 rings (SSSR count). The minimum atomic E-state index is 0.658. The van der Waals surface area contributed by atoms with Crippen molar-refractivity contribution in [3.8, 4) is 5.75 Å². The molecule has 6 heteroatoms. The summed E-state index contributed by atoms with van der Waals surface area (Å²) in [5.74, 6) is 0.751. The lowest BCUT2D eigenvalue weighted by Gasteiger charge is -2.12. The molecule has 1 N–H and O–H groups in total. The van der Waals surface area contributed by atoms with E-state index in [1.165, 1.54) is 4.88 Å². The standard InChI is InChI=1S/C12H12BrClN2OS/c1-7-15-5-9(18-7)6-16-11-4-8(14)3-10(13)12(11)17-2/h3-5,16H,6H2,1-2H3. The maximum Gasteiger partial charge on any atom is 0.156 e. The fourth-order valence-corrected chi connectivity index (χ4v) is 3.28. The number of nitrogens with one attached hydrogen (secondary N) is 1. The molecule has 0 aliphatic carbocycles. The number of anilines is 1. The van der Waals surface area contributed by atoms with Crippen molar-refractivity contribution >= 4 is 44.6 Å².